The molecular weight excluding hydrogens is 297 g/mol. The van der Waals surface area contributed by atoms with E-state index in [4.69, 9.17) is 32.7 Å². The Morgan fingerprint density at radius 2 is 1.72 bits per heavy atom. The second-order valence-electron chi connectivity index (χ2n) is 3.87. The van der Waals surface area contributed by atoms with Crippen LogP contribution >= 0.6 is 34.7 Å². The summed E-state index contributed by atoms with van der Waals surface area (Å²) in [6, 6.07) is 0. The molecule has 0 aliphatic carbocycles. The van der Waals surface area contributed by atoms with Gasteiger partial charge in [-0.05, 0) is 0 Å². The van der Waals surface area contributed by atoms with Gasteiger partial charge in [-0.1, -0.05) is 11.5 Å². The van der Waals surface area contributed by atoms with Crippen LogP contribution in [0.25, 0.3) is 0 Å². The van der Waals surface area contributed by atoms with E-state index in [1.54, 1.807) is 14.2 Å². The van der Waals surface area contributed by atoms with Crippen LogP contribution in [0.5, 0.6) is 0 Å². The maximum absolute atomic E-state index is 11.7. The van der Waals surface area contributed by atoms with Crippen molar-refractivity contribution in [1.82, 2.24) is 4.37 Å². The van der Waals surface area contributed by atoms with Gasteiger partial charge in [0.1, 0.15) is 0 Å². The summed E-state index contributed by atoms with van der Waals surface area (Å²) in [4.78, 5) is 12.7. The largest absolute Gasteiger partial charge is 0.380 e. The summed E-state index contributed by atoms with van der Waals surface area (Å²) in [7, 11) is 3.20. The summed E-state index contributed by atoms with van der Waals surface area (Å²) < 4.78 is 13.2. The van der Waals surface area contributed by atoms with Gasteiger partial charge in [-0.2, -0.15) is 0 Å². The summed E-state index contributed by atoms with van der Waals surface area (Å²) in [6.07, 6.45) is 0.886. The van der Waals surface area contributed by atoms with Crippen LogP contribution in [0.15, 0.2) is 4.79 Å². The fourth-order valence-corrected chi connectivity index (χ4v) is 2.94. The molecule has 1 rings (SSSR count). The first kappa shape index (κ1) is 16.0. The number of hydrogen-bond acceptors (Lipinski definition) is 4. The lowest BCUT2D eigenvalue weighted by Gasteiger charge is -2.13. The van der Waals surface area contributed by atoms with E-state index in [0.717, 1.165) is 10.4 Å². The van der Waals surface area contributed by atoms with Gasteiger partial charge in [0.25, 0.3) is 5.56 Å². The molecule has 0 amide bonds. The molecular formula is C11H17Cl2NO3S. The summed E-state index contributed by atoms with van der Waals surface area (Å²) in [5.74, 6) is 0.750. The Hall–Kier alpha value is -0.0700. The number of ether oxygens (including phenoxy) is 2. The normalized spacial score (nSPS) is 14.7. The molecule has 0 saturated carbocycles. The zero-order chi connectivity index (χ0) is 13.5. The minimum Gasteiger partial charge on any atom is -0.380 e. The molecule has 1 aromatic rings. The second-order valence-corrected chi connectivity index (χ2v) is 5.39. The van der Waals surface area contributed by atoms with E-state index in [2.05, 4.69) is 4.37 Å². The minimum atomic E-state index is -0.155. The predicted octanol–water partition coefficient (Wildman–Crippen LogP) is 2.03. The molecule has 18 heavy (non-hydrogen) atoms. The SMILES string of the molecule is COC(CCl)Cc1s[nH]c(=O)c1CC(CCl)OC. The van der Waals surface area contributed by atoms with Crippen molar-refractivity contribution in [2.75, 3.05) is 26.0 Å². The molecule has 0 fully saturated rings. The number of rotatable bonds is 8. The highest BCUT2D eigenvalue weighted by molar-refractivity contribution is 7.05. The number of halogens is 2. The van der Waals surface area contributed by atoms with E-state index in [-0.39, 0.29) is 17.8 Å². The lowest BCUT2D eigenvalue weighted by Crippen LogP contribution is -2.22. The maximum Gasteiger partial charge on any atom is 0.261 e. The third-order valence-corrected chi connectivity index (χ3v) is 4.37. The maximum atomic E-state index is 11.7. The number of nitrogens with one attached hydrogen (secondary N) is 1. The highest BCUT2D eigenvalue weighted by atomic mass is 35.5. The molecule has 0 spiro atoms. The van der Waals surface area contributed by atoms with Crippen LogP contribution in [-0.4, -0.2) is 42.6 Å². The van der Waals surface area contributed by atoms with E-state index < -0.39 is 0 Å². The molecule has 2 atom stereocenters. The van der Waals surface area contributed by atoms with Crippen LogP contribution in [0, 0.1) is 0 Å². The summed E-state index contributed by atoms with van der Waals surface area (Å²) in [6.45, 7) is 0. The Morgan fingerprint density at radius 1 is 1.17 bits per heavy atom. The number of aromatic amines is 1. The molecule has 0 saturated heterocycles. The molecule has 2 unspecified atom stereocenters. The van der Waals surface area contributed by atoms with E-state index in [1.807, 2.05) is 0 Å². The van der Waals surface area contributed by atoms with Crippen molar-refractivity contribution in [2.45, 2.75) is 25.0 Å². The quantitative estimate of drug-likeness (QED) is 0.747. The number of aromatic nitrogens is 1. The van der Waals surface area contributed by atoms with E-state index in [0.29, 0.717) is 24.6 Å². The van der Waals surface area contributed by atoms with Crippen LogP contribution < -0.4 is 5.56 Å². The van der Waals surface area contributed by atoms with Crippen molar-refractivity contribution in [3.63, 3.8) is 0 Å². The van der Waals surface area contributed by atoms with Gasteiger partial charge in [-0.3, -0.25) is 9.17 Å². The van der Waals surface area contributed by atoms with Crippen molar-refractivity contribution < 1.29 is 9.47 Å². The fraction of sp³-hybridized carbons (Fsp3) is 0.727. The number of alkyl halides is 2. The van der Waals surface area contributed by atoms with E-state index in [1.165, 1.54) is 11.5 Å². The molecule has 0 aliphatic rings. The molecule has 4 nitrogen and oxygen atoms in total. The summed E-state index contributed by atoms with van der Waals surface area (Å²) in [5, 5.41) is 0. The van der Waals surface area contributed by atoms with E-state index in [9.17, 15) is 4.79 Å². The van der Waals surface area contributed by atoms with E-state index >= 15 is 0 Å². The molecule has 0 radical (unpaired) electrons. The summed E-state index contributed by atoms with van der Waals surface area (Å²) in [5.41, 5.74) is 0.645. The van der Waals surface area contributed by atoms with Crippen LogP contribution in [0.1, 0.15) is 10.4 Å². The average molecular weight is 314 g/mol. The Balaban J connectivity index is 2.83. The first-order valence-electron chi connectivity index (χ1n) is 5.52. The summed E-state index contributed by atoms with van der Waals surface area (Å²) >= 11 is 12.9. The number of H-pyrrole nitrogens is 1. The van der Waals surface area contributed by atoms with Gasteiger partial charge in [-0.25, -0.2) is 0 Å². The Morgan fingerprint density at radius 3 is 2.22 bits per heavy atom. The van der Waals surface area contributed by atoms with Crippen LogP contribution in [-0.2, 0) is 22.3 Å². The monoisotopic (exact) mass is 313 g/mol. The highest BCUT2D eigenvalue weighted by Crippen LogP contribution is 2.17. The smallest absolute Gasteiger partial charge is 0.261 e. The standard InChI is InChI=1S/C11H17Cl2NO3S/c1-16-7(5-12)3-9-10(18-14-11(9)15)4-8(6-13)17-2/h7-8H,3-6H2,1-2H3,(H,14,15). The van der Waals surface area contributed by atoms with Crippen molar-refractivity contribution in [2.24, 2.45) is 0 Å². The third kappa shape index (κ3) is 4.24. The van der Waals surface area contributed by atoms with Gasteiger partial charge in [-0.15, -0.1) is 23.2 Å². The van der Waals surface area contributed by atoms with Crippen LogP contribution in [0.2, 0.25) is 0 Å². The van der Waals surface area contributed by atoms with Gasteiger partial charge < -0.3 is 9.47 Å². The van der Waals surface area contributed by atoms with Gasteiger partial charge >= 0.3 is 0 Å². The molecule has 0 aromatic carbocycles. The average Bonchev–Trinajstić information content (AvgIpc) is 2.73. The van der Waals surface area contributed by atoms with Gasteiger partial charge in [0.05, 0.1) is 12.2 Å². The lowest BCUT2D eigenvalue weighted by molar-refractivity contribution is 0.117. The fourth-order valence-electron chi connectivity index (χ4n) is 1.57. The predicted molar refractivity (Wildman–Crippen MR) is 75.4 cm³/mol. The minimum absolute atomic E-state index is 0.0772. The van der Waals surface area contributed by atoms with Crippen molar-refractivity contribution in [1.29, 1.82) is 0 Å². The zero-order valence-corrected chi connectivity index (χ0v) is 12.7. The Labute approximate surface area is 120 Å². The molecule has 1 aromatic heterocycles. The Bertz CT molecular complexity index is 399. The lowest BCUT2D eigenvalue weighted by atomic mass is 10.1. The molecule has 0 aliphatic heterocycles. The van der Waals surface area contributed by atoms with Gasteiger partial charge in [0.2, 0.25) is 0 Å². The number of methoxy groups -OCH3 is 2. The molecule has 7 heteroatoms. The van der Waals surface area contributed by atoms with Crippen LogP contribution in [0.3, 0.4) is 0 Å². The molecule has 1 heterocycles. The van der Waals surface area contributed by atoms with Crippen molar-refractivity contribution in [3.05, 3.63) is 20.8 Å². The highest BCUT2D eigenvalue weighted by Gasteiger charge is 2.18. The van der Waals surface area contributed by atoms with Crippen molar-refractivity contribution >= 4 is 34.7 Å². The molecule has 104 valence electrons. The molecule has 0 bridgehead atoms. The molecule has 1 N–H and O–H groups in total. The number of hydrogen-bond donors (Lipinski definition) is 1. The third-order valence-electron chi connectivity index (χ3n) is 2.73. The Kier molecular flexibility index (Phi) is 7.26. The zero-order valence-electron chi connectivity index (χ0n) is 10.4. The first-order chi connectivity index (χ1) is 8.65. The van der Waals surface area contributed by atoms with Crippen LogP contribution in [0.4, 0.5) is 0 Å². The van der Waals surface area contributed by atoms with Gasteiger partial charge in [0.15, 0.2) is 0 Å². The second kappa shape index (κ2) is 8.17. The first-order valence-corrected chi connectivity index (χ1v) is 7.41. The van der Waals surface area contributed by atoms with Crippen molar-refractivity contribution in [3.8, 4) is 0 Å². The topological polar surface area (TPSA) is 51.3 Å². The van der Waals surface area contributed by atoms with Gasteiger partial charge in [0, 0.05) is 49.3 Å².